The van der Waals surface area contributed by atoms with E-state index in [1.165, 1.54) is 0 Å². The number of piperidine rings is 1. The van der Waals surface area contributed by atoms with Crippen molar-refractivity contribution in [3.05, 3.63) is 0 Å². The summed E-state index contributed by atoms with van der Waals surface area (Å²) in [4.78, 5) is 19.0. The van der Waals surface area contributed by atoms with Crippen molar-refractivity contribution in [2.45, 2.75) is 39.2 Å². The quantitative estimate of drug-likeness (QED) is 0.809. The van der Waals surface area contributed by atoms with Gasteiger partial charge in [-0.3, -0.25) is 14.6 Å². The number of carbonyl (C=O) groups excluding carboxylic acids is 1. The van der Waals surface area contributed by atoms with Gasteiger partial charge in [0.25, 0.3) is 0 Å². The molecule has 2 rings (SSSR count). The number of rotatable bonds is 5. The van der Waals surface area contributed by atoms with Crippen molar-refractivity contribution in [3.8, 4) is 0 Å². The highest BCUT2D eigenvalue weighted by Crippen LogP contribution is 2.16. The molecular formula is C16H31N3O2. The number of nitrogens with zero attached hydrogens (tertiary/aromatic N) is 3. The molecule has 122 valence electrons. The molecule has 2 aliphatic heterocycles. The van der Waals surface area contributed by atoms with Gasteiger partial charge < -0.3 is 10.0 Å². The SMILES string of the molecule is CC[C@@H](CO)N1CCN(CC(=O)N2CCC(C)CC2)CC1. The zero-order valence-electron chi connectivity index (χ0n) is 13.6. The molecule has 2 aliphatic rings. The van der Waals surface area contributed by atoms with Gasteiger partial charge in [0, 0.05) is 45.3 Å². The number of aliphatic hydroxyl groups excluding tert-OH is 1. The molecule has 2 fully saturated rings. The molecule has 0 radical (unpaired) electrons. The average Bonchev–Trinajstić information content (AvgIpc) is 2.51. The van der Waals surface area contributed by atoms with Crippen LogP contribution in [0.4, 0.5) is 0 Å². The zero-order chi connectivity index (χ0) is 15.2. The molecule has 0 unspecified atom stereocenters. The van der Waals surface area contributed by atoms with Crippen LogP contribution in [0.3, 0.4) is 0 Å². The standard InChI is InChI=1S/C16H31N3O2/c1-3-15(13-20)18-10-8-17(9-11-18)12-16(21)19-6-4-14(2)5-7-19/h14-15,20H,3-13H2,1-2H3/t15-/m0/s1. The molecule has 2 saturated heterocycles. The average molecular weight is 297 g/mol. The highest BCUT2D eigenvalue weighted by atomic mass is 16.3. The van der Waals surface area contributed by atoms with Gasteiger partial charge in [0.05, 0.1) is 13.2 Å². The van der Waals surface area contributed by atoms with Gasteiger partial charge >= 0.3 is 0 Å². The van der Waals surface area contributed by atoms with Crippen LogP contribution >= 0.6 is 0 Å². The third kappa shape index (κ3) is 4.66. The first-order chi connectivity index (χ1) is 10.1. The summed E-state index contributed by atoms with van der Waals surface area (Å²) in [6, 6.07) is 0.284. The second kappa shape index (κ2) is 8.11. The molecule has 0 aromatic heterocycles. The summed E-state index contributed by atoms with van der Waals surface area (Å²) in [7, 11) is 0. The van der Waals surface area contributed by atoms with Gasteiger partial charge in [-0.15, -0.1) is 0 Å². The van der Waals surface area contributed by atoms with Gasteiger partial charge in [-0.1, -0.05) is 13.8 Å². The normalized spacial score (nSPS) is 24.2. The first-order valence-electron chi connectivity index (χ1n) is 8.49. The summed E-state index contributed by atoms with van der Waals surface area (Å²) in [6.45, 7) is 10.9. The summed E-state index contributed by atoms with van der Waals surface area (Å²) in [6.07, 6.45) is 3.28. The van der Waals surface area contributed by atoms with Crippen molar-refractivity contribution in [3.63, 3.8) is 0 Å². The predicted octanol–water partition coefficient (Wildman–Crippen LogP) is 0.633. The fourth-order valence-electron chi connectivity index (χ4n) is 3.34. The molecule has 0 spiro atoms. The fraction of sp³-hybridized carbons (Fsp3) is 0.938. The van der Waals surface area contributed by atoms with Crippen molar-refractivity contribution >= 4 is 5.91 Å². The molecule has 5 nitrogen and oxygen atoms in total. The van der Waals surface area contributed by atoms with Gasteiger partial charge in [-0.05, 0) is 25.2 Å². The maximum atomic E-state index is 12.3. The number of hydrogen-bond donors (Lipinski definition) is 1. The minimum absolute atomic E-state index is 0.237. The Balaban J connectivity index is 1.72. The number of amides is 1. The Bertz CT molecular complexity index is 317. The van der Waals surface area contributed by atoms with E-state index in [1.807, 2.05) is 4.90 Å². The van der Waals surface area contributed by atoms with E-state index in [9.17, 15) is 9.90 Å². The number of aliphatic hydroxyl groups is 1. The van der Waals surface area contributed by atoms with E-state index in [0.717, 1.165) is 64.4 Å². The van der Waals surface area contributed by atoms with Gasteiger partial charge in [-0.25, -0.2) is 0 Å². The molecule has 2 heterocycles. The van der Waals surface area contributed by atoms with Gasteiger partial charge in [0.1, 0.15) is 0 Å². The molecule has 0 aromatic rings. The largest absolute Gasteiger partial charge is 0.395 e. The van der Waals surface area contributed by atoms with Crippen LogP contribution in [0.15, 0.2) is 0 Å². The van der Waals surface area contributed by atoms with E-state index < -0.39 is 0 Å². The lowest BCUT2D eigenvalue weighted by Gasteiger charge is -2.39. The molecule has 0 bridgehead atoms. The molecular weight excluding hydrogens is 266 g/mol. The third-order valence-electron chi connectivity index (χ3n) is 5.10. The van der Waals surface area contributed by atoms with Crippen molar-refractivity contribution in [1.82, 2.24) is 14.7 Å². The van der Waals surface area contributed by atoms with E-state index in [0.29, 0.717) is 12.5 Å². The summed E-state index contributed by atoms with van der Waals surface area (Å²) in [5.74, 6) is 1.06. The third-order valence-corrected chi connectivity index (χ3v) is 5.10. The maximum Gasteiger partial charge on any atom is 0.236 e. The molecule has 0 aliphatic carbocycles. The lowest BCUT2D eigenvalue weighted by atomic mass is 9.99. The lowest BCUT2D eigenvalue weighted by molar-refractivity contribution is -0.134. The van der Waals surface area contributed by atoms with Crippen LogP contribution in [-0.4, -0.2) is 84.2 Å². The summed E-state index contributed by atoms with van der Waals surface area (Å²) in [5.41, 5.74) is 0. The molecule has 1 N–H and O–H groups in total. The maximum absolute atomic E-state index is 12.3. The highest BCUT2D eigenvalue weighted by Gasteiger charge is 2.26. The van der Waals surface area contributed by atoms with Crippen LogP contribution in [0, 0.1) is 5.92 Å². The van der Waals surface area contributed by atoms with Gasteiger partial charge in [0.15, 0.2) is 0 Å². The first kappa shape index (κ1) is 16.7. The summed E-state index contributed by atoms with van der Waals surface area (Å²) >= 11 is 0. The van der Waals surface area contributed by atoms with Crippen molar-refractivity contribution in [2.24, 2.45) is 5.92 Å². The number of likely N-dealkylation sites (tertiary alicyclic amines) is 1. The van der Waals surface area contributed by atoms with E-state index in [4.69, 9.17) is 0 Å². The van der Waals surface area contributed by atoms with E-state index >= 15 is 0 Å². The Morgan fingerprint density at radius 1 is 1.14 bits per heavy atom. The molecule has 1 atom stereocenters. The van der Waals surface area contributed by atoms with Crippen LogP contribution in [0.5, 0.6) is 0 Å². The van der Waals surface area contributed by atoms with Crippen LogP contribution in [0.1, 0.15) is 33.1 Å². The Morgan fingerprint density at radius 2 is 1.76 bits per heavy atom. The molecule has 0 saturated carbocycles. The second-order valence-electron chi connectivity index (χ2n) is 6.62. The van der Waals surface area contributed by atoms with E-state index in [1.54, 1.807) is 0 Å². The summed E-state index contributed by atoms with van der Waals surface area (Å²) in [5, 5.41) is 9.37. The molecule has 0 aromatic carbocycles. The van der Waals surface area contributed by atoms with Gasteiger partial charge in [-0.2, -0.15) is 0 Å². The zero-order valence-corrected chi connectivity index (χ0v) is 13.6. The first-order valence-corrected chi connectivity index (χ1v) is 8.49. The van der Waals surface area contributed by atoms with Crippen LogP contribution in [0.2, 0.25) is 0 Å². The topological polar surface area (TPSA) is 47.0 Å². The minimum atomic E-state index is 0.237. The van der Waals surface area contributed by atoms with E-state index in [-0.39, 0.29) is 12.6 Å². The van der Waals surface area contributed by atoms with E-state index in [2.05, 4.69) is 23.6 Å². The monoisotopic (exact) mass is 297 g/mol. The summed E-state index contributed by atoms with van der Waals surface area (Å²) < 4.78 is 0. The number of carbonyl (C=O) groups is 1. The molecule has 5 heteroatoms. The highest BCUT2D eigenvalue weighted by molar-refractivity contribution is 5.78. The Kier molecular flexibility index (Phi) is 6.45. The Morgan fingerprint density at radius 3 is 2.29 bits per heavy atom. The van der Waals surface area contributed by atoms with Crippen molar-refractivity contribution < 1.29 is 9.90 Å². The molecule has 1 amide bonds. The minimum Gasteiger partial charge on any atom is -0.395 e. The Labute approximate surface area is 128 Å². The number of hydrogen-bond acceptors (Lipinski definition) is 4. The van der Waals surface area contributed by atoms with Crippen molar-refractivity contribution in [1.29, 1.82) is 0 Å². The lowest BCUT2D eigenvalue weighted by Crippen LogP contribution is -2.53. The smallest absolute Gasteiger partial charge is 0.236 e. The van der Waals surface area contributed by atoms with Crippen LogP contribution < -0.4 is 0 Å². The Hall–Kier alpha value is -0.650. The van der Waals surface area contributed by atoms with Crippen LogP contribution in [-0.2, 0) is 4.79 Å². The second-order valence-corrected chi connectivity index (χ2v) is 6.62. The fourth-order valence-corrected chi connectivity index (χ4v) is 3.34. The predicted molar refractivity (Wildman–Crippen MR) is 84.2 cm³/mol. The van der Waals surface area contributed by atoms with Gasteiger partial charge in [0.2, 0.25) is 5.91 Å². The molecule has 21 heavy (non-hydrogen) atoms. The van der Waals surface area contributed by atoms with Crippen LogP contribution in [0.25, 0.3) is 0 Å². The number of piperazine rings is 1. The van der Waals surface area contributed by atoms with Crippen molar-refractivity contribution in [2.75, 3.05) is 52.4 Å².